The minimum Gasteiger partial charge on any atom is -0.368 e. The third-order valence-electron chi connectivity index (χ3n) is 3.33. The predicted molar refractivity (Wildman–Crippen MR) is 86.0 cm³/mol. The minimum absolute atomic E-state index is 0.136. The summed E-state index contributed by atoms with van der Waals surface area (Å²) >= 11 is 0. The maximum atomic E-state index is 12.2. The molecule has 0 heterocycles. The van der Waals surface area contributed by atoms with Gasteiger partial charge in [-0.3, -0.25) is 19.2 Å². The molecule has 3 atom stereocenters. The zero-order valence-electron chi connectivity index (χ0n) is 14.6. The van der Waals surface area contributed by atoms with Crippen LogP contribution in [-0.2, 0) is 19.2 Å². The van der Waals surface area contributed by atoms with Crippen LogP contribution in [0.4, 0.5) is 0 Å². The van der Waals surface area contributed by atoms with Crippen LogP contribution >= 0.6 is 0 Å². The summed E-state index contributed by atoms with van der Waals surface area (Å²) in [6.07, 6.45) is 0. The summed E-state index contributed by atoms with van der Waals surface area (Å²) in [5.41, 5.74) is 5.24. The molecule has 0 fully saturated rings. The fourth-order valence-electron chi connectivity index (χ4n) is 1.97. The Morgan fingerprint density at radius 3 is 1.57 bits per heavy atom. The zero-order chi connectivity index (χ0) is 18.3. The average Bonchev–Trinajstić information content (AvgIpc) is 2.40. The molecule has 8 heteroatoms. The molecule has 0 aromatic rings. The monoisotopic (exact) mass is 328 g/mol. The van der Waals surface area contributed by atoms with E-state index in [4.69, 9.17) is 5.73 Å². The molecule has 0 bridgehead atoms. The molecule has 5 N–H and O–H groups in total. The molecule has 8 nitrogen and oxygen atoms in total. The fourth-order valence-corrected chi connectivity index (χ4v) is 1.97. The van der Waals surface area contributed by atoms with Crippen molar-refractivity contribution in [3.8, 4) is 0 Å². The molecular formula is C15H28N4O4. The molecule has 0 spiro atoms. The summed E-state index contributed by atoms with van der Waals surface area (Å²) in [5, 5.41) is 7.59. The molecule has 0 aliphatic rings. The highest BCUT2D eigenvalue weighted by Gasteiger charge is 2.28. The van der Waals surface area contributed by atoms with Crippen LogP contribution in [0.5, 0.6) is 0 Å². The van der Waals surface area contributed by atoms with E-state index in [1.165, 1.54) is 13.8 Å². The van der Waals surface area contributed by atoms with Crippen LogP contribution in [0.2, 0.25) is 0 Å². The van der Waals surface area contributed by atoms with E-state index >= 15 is 0 Å². The molecule has 0 aliphatic carbocycles. The zero-order valence-corrected chi connectivity index (χ0v) is 14.6. The van der Waals surface area contributed by atoms with Crippen molar-refractivity contribution in [1.82, 2.24) is 16.0 Å². The largest absolute Gasteiger partial charge is 0.368 e. The third kappa shape index (κ3) is 7.12. The summed E-state index contributed by atoms with van der Waals surface area (Å²) in [5.74, 6) is -2.24. The minimum atomic E-state index is -0.863. The van der Waals surface area contributed by atoms with E-state index in [9.17, 15) is 19.2 Å². The quantitative estimate of drug-likeness (QED) is 0.468. The number of carbonyl (C=O) groups excluding carboxylic acids is 4. The standard InChI is InChI=1S/C15H28N4O4/c1-7(2)11(13(16)21)19-14(22)9(5)17-15(23)12(8(3)4)18-10(6)20/h7-9,11-12H,1-6H3,(H2,16,21)(H,17,23)(H,18,20)(H,19,22). The molecule has 0 radical (unpaired) electrons. The van der Waals surface area contributed by atoms with Gasteiger partial charge in [0.05, 0.1) is 0 Å². The number of rotatable bonds is 8. The van der Waals surface area contributed by atoms with Gasteiger partial charge in [-0.15, -0.1) is 0 Å². The molecule has 0 aromatic carbocycles. The molecular weight excluding hydrogens is 300 g/mol. The molecule has 132 valence electrons. The topological polar surface area (TPSA) is 130 Å². The number of hydrogen-bond donors (Lipinski definition) is 4. The van der Waals surface area contributed by atoms with Crippen molar-refractivity contribution < 1.29 is 19.2 Å². The number of hydrogen-bond acceptors (Lipinski definition) is 4. The summed E-state index contributed by atoms with van der Waals surface area (Å²) in [6.45, 7) is 9.89. The Morgan fingerprint density at radius 1 is 0.739 bits per heavy atom. The maximum Gasteiger partial charge on any atom is 0.243 e. The van der Waals surface area contributed by atoms with Crippen LogP contribution in [0.15, 0.2) is 0 Å². The van der Waals surface area contributed by atoms with Gasteiger partial charge in [0.25, 0.3) is 0 Å². The van der Waals surface area contributed by atoms with E-state index in [0.717, 1.165) is 0 Å². The Hall–Kier alpha value is -2.12. The van der Waals surface area contributed by atoms with Gasteiger partial charge in [-0.05, 0) is 18.8 Å². The van der Waals surface area contributed by atoms with Gasteiger partial charge >= 0.3 is 0 Å². The Labute approximate surface area is 136 Å². The first kappa shape index (κ1) is 20.9. The van der Waals surface area contributed by atoms with Crippen LogP contribution in [0.1, 0.15) is 41.5 Å². The number of carbonyl (C=O) groups is 4. The molecule has 4 amide bonds. The summed E-state index contributed by atoms with van der Waals surface area (Å²) in [6, 6.07) is -2.41. The molecule has 23 heavy (non-hydrogen) atoms. The van der Waals surface area contributed by atoms with Crippen molar-refractivity contribution in [2.45, 2.75) is 59.7 Å². The van der Waals surface area contributed by atoms with Gasteiger partial charge in [-0.1, -0.05) is 27.7 Å². The normalized spacial score (nSPS) is 14.8. The fraction of sp³-hybridized carbons (Fsp3) is 0.733. The first-order valence-corrected chi connectivity index (χ1v) is 7.64. The third-order valence-corrected chi connectivity index (χ3v) is 3.33. The second-order valence-electron chi connectivity index (χ2n) is 6.29. The van der Waals surface area contributed by atoms with Crippen molar-refractivity contribution in [3.05, 3.63) is 0 Å². The molecule has 0 rings (SSSR count). The van der Waals surface area contributed by atoms with Gasteiger partial charge in [0.2, 0.25) is 23.6 Å². The van der Waals surface area contributed by atoms with Crippen molar-refractivity contribution in [3.63, 3.8) is 0 Å². The van der Waals surface area contributed by atoms with E-state index < -0.39 is 35.8 Å². The van der Waals surface area contributed by atoms with Crippen molar-refractivity contribution in [1.29, 1.82) is 0 Å². The van der Waals surface area contributed by atoms with E-state index in [-0.39, 0.29) is 17.7 Å². The van der Waals surface area contributed by atoms with Crippen molar-refractivity contribution in [2.24, 2.45) is 17.6 Å². The highest BCUT2D eigenvalue weighted by Crippen LogP contribution is 2.04. The number of primary amides is 1. The Bertz CT molecular complexity index is 462. The maximum absolute atomic E-state index is 12.2. The summed E-state index contributed by atoms with van der Waals surface area (Å²) < 4.78 is 0. The lowest BCUT2D eigenvalue weighted by molar-refractivity contribution is -0.133. The first-order valence-electron chi connectivity index (χ1n) is 7.64. The lowest BCUT2D eigenvalue weighted by atomic mass is 10.0. The van der Waals surface area contributed by atoms with Gasteiger partial charge < -0.3 is 21.7 Å². The second kappa shape index (κ2) is 9.12. The van der Waals surface area contributed by atoms with Gasteiger partial charge in [0, 0.05) is 6.92 Å². The van der Waals surface area contributed by atoms with Gasteiger partial charge in [-0.2, -0.15) is 0 Å². The number of nitrogens with two attached hydrogens (primary N) is 1. The Kier molecular flexibility index (Phi) is 8.28. The number of amides is 4. The van der Waals surface area contributed by atoms with E-state index in [0.29, 0.717) is 0 Å². The molecule has 0 saturated heterocycles. The van der Waals surface area contributed by atoms with Crippen molar-refractivity contribution >= 4 is 23.6 Å². The van der Waals surface area contributed by atoms with Gasteiger partial charge in [0.15, 0.2) is 0 Å². The number of nitrogens with one attached hydrogen (secondary N) is 3. The first-order chi connectivity index (χ1) is 10.5. The molecule has 0 saturated carbocycles. The predicted octanol–water partition coefficient (Wildman–Crippen LogP) is -0.722. The molecule has 0 aromatic heterocycles. The highest BCUT2D eigenvalue weighted by atomic mass is 16.2. The summed E-state index contributed by atoms with van der Waals surface area (Å²) in [4.78, 5) is 46.8. The van der Waals surface area contributed by atoms with Crippen LogP contribution in [0.3, 0.4) is 0 Å². The Balaban J connectivity index is 4.80. The van der Waals surface area contributed by atoms with Crippen LogP contribution in [0, 0.1) is 11.8 Å². The van der Waals surface area contributed by atoms with Crippen molar-refractivity contribution in [2.75, 3.05) is 0 Å². The van der Waals surface area contributed by atoms with E-state index in [2.05, 4.69) is 16.0 Å². The van der Waals surface area contributed by atoms with Crippen LogP contribution in [0.25, 0.3) is 0 Å². The Morgan fingerprint density at radius 2 is 1.22 bits per heavy atom. The highest BCUT2D eigenvalue weighted by molar-refractivity contribution is 5.93. The average molecular weight is 328 g/mol. The van der Waals surface area contributed by atoms with Crippen LogP contribution < -0.4 is 21.7 Å². The molecule has 3 unspecified atom stereocenters. The van der Waals surface area contributed by atoms with E-state index in [1.54, 1.807) is 27.7 Å². The van der Waals surface area contributed by atoms with Crippen LogP contribution in [-0.4, -0.2) is 41.8 Å². The second-order valence-corrected chi connectivity index (χ2v) is 6.29. The smallest absolute Gasteiger partial charge is 0.243 e. The lowest BCUT2D eigenvalue weighted by Gasteiger charge is -2.25. The van der Waals surface area contributed by atoms with E-state index in [1.807, 2.05) is 0 Å². The summed E-state index contributed by atoms with van der Waals surface area (Å²) in [7, 11) is 0. The van der Waals surface area contributed by atoms with Gasteiger partial charge in [-0.25, -0.2) is 0 Å². The SMILES string of the molecule is CC(=O)NC(C(=O)NC(C)C(=O)NC(C(N)=O)C(C)C)C(C)C. The molecule has 0 aliphatic heterocycles. The lowest BCUT2D eigenvalue weighted by Crippen LogP contribution is -2.57. The van der Waals surface area contributed by atoms with Gasteiger partial charge in [0.1, 0.15) is 18.1 Å².